The smallest absolute Gasteiger partial charge is 0.247 e. The van der Waals surface area contributed by atoms with Crippen LogP contribution in [0.1, 0.15) is 18.4 Å². The molecule has 6 heteroatoms. The summed E-state index contributed by atoms with van der Waals surface area (Å²) in [6, 6.07) is 7.51. The van der Waals surface area contributed by atoms with Crippen molar-refractivity contribution in [2.45, 2.75) is 31.5 Å². The van der Waals surface area contributed by atoms with E-state index in [1.54, 1.807) is 12.0 Å². The molecule has 3 heterocycles. The number of methoxy groups -OCH3 is 1. The highest BCUT2D eigenvalue weighted by Gasteiger charge is 2.49. The maximum Gasteiger partial charge on any atom is 0.247 e. The van der Waals surface area contributed by atoms with Crippen molar-refractivity contribution < 1.29 is 14.3 Å². The fourth-order valence-corrected chi connectivity index (χ4v) is 4.12. The van der Waals surface area contributed by atoms with Gasteiger partial charge in [0.05, 0.1) is 7.11 Å². The highest BCUT2D eigenvalue weighted by molar-refractivity contribution is 5.97. The number of benzene rings is 1. The molecule has 3 saturated heterocycles. The molecule has 0 saturated carbocycles. The highest BCUT2D eigenvalue weighted by atomic mass is 16.5. The lowest BCUT2D eigenvalue weighted by molar-refractivity contribution is -0.163. The van der Waals surface area contributed by atoms with Crippen LogP contribution in [0.25, 0.3) is 0 Å². The predicted octanol–water partition coefficient (Wildman–Crippen LogP) is 0.713. The fourth-order valence-electron chi connectivity index (χ4n) is 4.12. The number of hydrogen-bond acceptors (Lipinski definition) is 4. The van der Waals surface area contributed by atoms with Crippen LogP contribution in [0.4, 0.5) is 0 Å². The summed E-state index contributed by atoms with van der Waals surface area (Å²) in [4.78, 5) is 31.3. The Kier molecular flexibility index (Phi) is 3.92. The van der Waals surface area contributed by atoms with Crippen molar-refractivity contribution in [3.05, 3.63) is 29.8 Å². The predicted molar refractivity (Wildman–Crippen MR) is 88.5 cm³/mol. The molecule has 0 unspecified atom stereocenters. The van der Waals surface area contributed by atoms with E-state index in [9.17, 15) is 9.59 Å². The molecule has 3 aliphatic rings. The summed E-state index contributed by atoms with van der Waals surface area (Å²) in [5.74, 6) is 1.13. The van der Waals surface area contributed by atoms with Crippen LogP contribution < -0.4 is 4.74 Å². The third-order valence-electron chi connectivity index (χ3n) is 5.42. The molecule has 3 fully saturated rings. The van der Waals surface area contributed by atoms with Gasteiger partial charge in [0.15, 0.2) is 0 Å². The van der Waals surface area contributed by atoms with E-state index in [1.165, 1.54) is 5.56 Å². The molecule has 6 nitrogen and oxygen atoms in total. The van der Waals surface area contributed by atoms with Gasteiger partial charge in [0, 0.05) is 32.7 Å². The van der Waals surface area contributed by atoms with E-state index >= 15 is 0 Å². The zero-order chi connectivity index (χ0) is 16.7. The number of carbonyl (C=O) groups is 2. The molecule has 128 valence electrons. The first kappa shape index (κ1) is 15.4. The molecular formula is C18H23N3O3. The molecule has 0 aliphatic carbocycles. The zero-order valence-corrected chi connectivity index (χ0v) is 14.0. The molecule has 0 radical (unpaired) electrons. The van der Waals surface area contributed by atoms with Crippen molar-refractivity contribution in [3.63, 3.8) is 0 Å². The summed E-state index contributed by atoms with van der Waals surface area (Å²) < 4.78 is 5.19. The van der Waals surface area contributed by atoms with Crippen molar-refractivity contribution in [1.82, 2.24) is 14.7 Å². The van der Waals surface area contributed by atoms with Crippen LogP contribution in [-0.2, 0) is 16.1 Å². The van der Waals surface area contributed by atoms with Gasteiger partial charge in [0.25, 0.3) is 0 Å². The lowest BCUT2D eigenvalue weighted by atomic mass is 10.0. The summed E-state index contributed by atoms with van der Waals surface area (Å²) >= 11 is 0. The number of nitrogens with zero attached hydrogens (tertiary/aromatic N) is 3. The maximum atomic E-state index is 12.8. The second-order valence-corrected chi connectivity index (χ2v) is 6.82. The second kappa shape index (κ2) is 6.09. The Morgan fingerprint density at radius 2 is 1.71 bits per heavy atom. The van der Waals surface area contributed by atoms with Gasteiger partial charge in [0.1, 0.15) is 17.8 Å². The number of ether oxygens (including phenoxy) is 1. The molecule has 1 aromatic rings. The standard InChI is InChI=1S/C18H23N3O3/c1-24-14-6-4-13(5-7-14)11-19-9-10-21-16(12-19)18(23)20-8-2-3-15(20)17(21)22/h4-7,15-16H,2-3,8-12H2,1H3/t15-,16+/m0/s1. The molecule has 0 aromatic heterocycles. The SMILES string of the molecule is COc1ccc(CN2CCN3C(=O)[C@@H]4CCCN4C(=O)[C@H]3C2)cc1. The van der Waals surface area contributed by atoms with Crippen LogP contribution in [-0.4, -0.2) is 71.9 Å². The molecule has 24 heavy (non-hydrogen) atoms. The lowest BCUT2D eigenvalue weighted by Crippen LogP contribution is -2.68. The zero-order valence-electron chi connectivity index (χ0n) is 14.0. The van der Waals surface area contributed by atoms with Gasteiger partial charge in [-0.25, -0.2) is 0 Å². The van der Waals surface area contributed by atoms with Crippen molar-refractivity contribution in [2.75, 3.05) is 33.3 Å². The van der Waals surface area contributed by atoms with Crippen molar-refractivity contribution >= 4 is 11.8 Å². The summed E-state index contributed by atoms with van der Waals surface area (Å²) in [7, 11) is 1.66. The van der Waals surface area contributed by atoms with Crippen LogP contribution >= 0.6 is 0 Å². The molecule has 4 rings (SSSR count). The third-order valence-corrected chi connectivity index (χ3v) is 5.42. The molecular weight excluding hydrogens is 306 g/mol. The molecule has 2 atom stereocenters. The van der Waals surface area contributed by atoms with E-state index in [0.29, 0.717) is 13.1 Å². The maximum absolute atomic E-state index is 12.8. The second-order valence-electron chi connectivity index (χ2n) is 6.82. The van der Waals surface area contributed by atoms with Gasteiger partial charge < -0.3 is 14.5 Å². The first-order chi connectivity index (χ1) is 11.7. The minimum atomic E-state index is -0.307. The first-order valence-corrected chi connectivity index (χ1v) is 8.63. The average molecular weight is 329 g/mol. The summed E-state index contributed by atoms with van der Waals surface area (Å²) in [5, 5.41) is 0. The van der Waals surface area contributed by atoms with Gasteiger partial charge in [-0.15, -0.1) is 0 Å². The average Bonchev–Trinajstić information content (AvgIpc) is 3.10. The van der Waals surface area contributed by atoms with Crippen LogP contribution in [0.2, 0.25) is 0 Å². The van der Waals surface area contributed by atoms with Crippen LogP contribution in [0.3, 0.4) is 0 Å². The third kappa shape index (κ3) is 2.55. The fraction of sp³-hybridized carbons (Fsp3) is 0.556. The number of rotatable bonds is 3. The molecule has 0 bridgehead atoms. The Morgan fingerprint density at radius 3 is 2.46 bits per heavy atom. The van der Waals surface area contributed by atoms with Gasteiger partial charge in [-0.3, -0.25) is 14.5 Å². The lowest BCUT2D eigenvalue weighted by Gasteiger charge is -2.47. The number of carbonyl (C=O) groups excluding carboxylic acids is 2. The summed E-state index contributed by atoms with van der Waals surface area (Å²) in [6.07, 6.45) is 1.77. The number of fused-ring (bicyclic) bond motifs is 2. The molecule has 3 aliphatic heterocycles. The van der Waals surface area contributed by atoms with E-state index in [-0.39, 0.29) is 23.9 Å². The molecule has 2 amide bonds. The largest absolute Gasteiger partial charge is 0.497 e. The minimum absolute atomic E-state index is 0.136. The quantitative estimate of drug-likeness (QED) is 0.820. The Labute approximate surface area is 142 Å². The van der Waals surface area contributed by atoms with E-state index < -0.39 is 0 Å². The Hall–Kier alpha value is -2.08. The van der Waals surface area contributed by atoms with Crippen molar-refractivity contribution in [2.24, 2.45) is 0 Å². The highest BCUT2D eigenvalue weighted by Crippen LogP contribution is 2.29. The Balaban J connectivity index is 1.46. The monoisotopic (exact) mass is 329 g/mol. The number of amides is 2. The molecule has 1 aromatic carbocycles. The Morgan fingerprint density at radius 1 is 1.00 bits per heavy atom. The summed E-state index contributed by atoms with van der Waals surface area (Å²) in [5.41, 5.74) is 1.19. The van der Waals surface area contributed by atoms with Gasteiger partial charge in [-0.2, -0.15) is 0 Å². The molecule has 0 spiro atoms. The van der Waals surface area contributed by atoms with Crippen molar-refractivity contribution in [1.29, 1.82) is 0 Å². The van der Waals surface area contributed by atoms with Gasteiger partial charge in [-0.1, -0.05) is 12.1 Å². The van der Waals surface area contributed by atoms with E-state index in [1.807, 2.05) is 17.0 Å². The van der Waals surface area contributed by atoms with Gasteiger partial charge in [0.2, 0.25) is 11.8 Å². The van der Waals surface area contributed by atoms with Crippen molar-refractivity contribution in [3.8, 4) is 5.75 Å². The van der Waals surface area contributed by atoms with Crippen LogP contribution in [0, 0.1) is 0 Å². The normalized spacial score (nSPS) is 27.2. The topological polar surface area (TPSA) is 53.1 Å². The molecule has 0 N–H and O–H groups in total. The minimum Gasteiger partial charge on any atom is -0.497 e. The first-order valence-electron chi connectivity index (χ1n) is 8.63. The van der Waals surface area contributed by atoms with E-state index in [4.69, 9.17) is 4.74 Å². The van der Waals surface area contributed by atoms with Crippen LogP contribution in [0.5, 0.6) is 5.75 Å². The van der Waals surface area contributed by atoms with Gasteiger partial charge in [-0.05, 0) is 30.5 Å². The van der Waals surface area contributed by atoms with E-state index in [2.05, 4.69) is 17.0 Å². The van der Waals surface area contributed by atoms with E-state index in [0.717, 1.165) is 38.2 Å². The van der Waals surface area contributed by atoms with Crippen LogP contribution in [0.15, 0.2) is 24.3 Å². The summed E-state index contributed by atoms with van der Waals surface area (Å²) in [6.45, 7) is 3.61. The van der Waals surface area contributed by atoms with Gasteiger partial charge >= 0.3 is 0 Å². The Bertz CT molecular complexity index is 645. The number of piperazine rings is 2. The number of hydrogen-bond donors (Lipinski definition) is 0.